The number of rotatable bonds is 2. The summed E-state index contributed by atoms with van der Waals surface area (Å²) in [6, 6.07) is 6.98. The molecule has 1 heterocycles. The van der Waals surface area contributed by atoms with Crippen LogP contribution in [-0.4, -0.2) is 13.1 Å². The van der Waals surface area contributed by atoms with E-state index < -0.39 is 40.7 Å². The van der Waals surface area contributed by atoms with Crippen LogP contribution in [0.5, 0.6) is 0 Å². The minimum absolute atomic E-state index is 0.0477. The standard InChI is InChI=1S/C19H14F6N2/c20-13-2-1-3-14(21)16(13)11-6-8-27(9-7-11)15-5-4-12(10-26)17(18(15)22)19(23,24)25/h1-5,11H,6-9H2. The zero-order valence-electron chi connectivity index (χ0n) is 14.0. The molecule has 2 aromatic rings. The molecule has 1 aliphatic rings. The van der Waals surface area contributed by atoms with Gasteiger partial charge in [-0.25, -0.2) is 13.2 Å². The maximum atomic E-state index is 14.5. The lowest BCUT2D eigenvalue weighted by molar-refractivity contribution is -0.140. The van der Waals surface area contributed by atoms with Crippen LogP contribution in [0.1, 0.15) is 35.4 Å². The molecular formula is C19H14F6N2. The van der Waals surface area contributed by atoms with Gasteiger partial charge < -0.3 is 4.90 Å². The van der Waals surface area contributed by atoms with Crippen molar-refractivity contribution in [3.05, 3.63) is 64.5 Å². The molecule has 8 heteroatoms. The molecule has 0 aliphatic carbocycles. The van der Waals surface area contributed by atoms with Gasteiger partial charge in [0.1, 0.15) is 17.2 Å². The lowest BCUT2D eigenvalue weighted by Crippen LogP contribution is -2.34. The van der Waals surface area contributed by atoms with Gasteiger partial charge in [-0.2, -0.15) is 18.4 Å². The first-order valence-electron chi connectivity index (χ1n) is 8.22. The Balaban J connectivity index is 1.86. The van der Waals surface area contributed by atoms with Crippen molar-refractivity contribution < 1.29 is 26.3 Å². The zero-order valence-corrected chi connectivity index (χ0v) is 14.0. The van der Waals surface area contributed by atoms with Gasteiger partial charge in [-0.3, -0.25) is 0 Å². The Hall–Kier alpha value is -2.69. The van der Waals surface area contributed by atoms with Crippen molar-refractivity contribution in [2.45, 2.75) is 24.9 Å². The fourth-order valence-electron chi connectivity index (χ4n) is 3.49. The molecule has 27 heavy (non-hydrogen) atoms. The summed E-state index contributed by atoms with van der Waals surface area (Å²) in [6.45, 7) is 0.275. The Morgan fingerprint density at radius 2 is 1.56 bits per heavy atom. The number of piperidine rings is 1. The number of halogens is 6. The van der Waals surface area contributed by atoms with Gasteiger partial charge in [0.25, 0.3) is 0 Å². The normalized spacial score (nSPS) is 15.7. The van der Waals surface area contributed by atoms with Crippen molar-refractivity contribution in [1.82, 2.24) is 0 Å². The van der Waals surface area contributed by atoms with E-state index in [9.17, 15) is 26.3 Å². The lowest BCUT2D eigenvalue weighted by atomic mass is 9.88. The second kappa shape index (κ2) is 7.14. The van der Waals surface area contributed by atoms with E-state index in [2.05, 4.69) is 0 Å². The summed E-state index contributed by atoms with van der Waals surface area (Å²) in [5.74, 6) is -3.28. The minimum atomic E-state index is -5.00. The van der Waals surface area contributed by atoms with Crippen molar-refractivity contribution in [3.8, 4) is 6.07 Å². The predicted molar refractivity (Wildman–Crippen MR) is 86.7 cm³/mol. The Morgan fingerprint density at radius 1 is 0.963 bits per heavy atom. The highest BCUT2D eigenvalue weighted by molar-refractivity contribution is 5.56. The third kappa shape index (κ3) is 3.59. The molecule has 1 fully saturated rings. The van der Waals surface area contributed by atoms with E-state index in [4.69, 9.17) is 5.26 Å². The number of nitrogens with zero attached hydrogens (tertiary/aromatic N) is 2. The van der Waals surface area contributed by atoms with E-state index in [1.54, 1.807) is 0 Å². The van der Waals surface area contributed by atoms with Crippen LogP contribution in [0.3, 0.4) is 0 Å². The second-order valence-corrected chi connectivity index (χ2v) is 6.33. The van der Waals surface area contributed by atoms with E-state index in [0.717, 1.165) is 24.3 Å². The van der Waals surface area contributed by atoms with Crippen molar-refractivity contribution in [1.29, 1.82) is 5.26 Å². The number of alkyl halides is 3. The molecule has 0 spiro atoms. The van der Waals surface area contributed by atoms with Gasteiger partial charge in [0.05, 0.1) is 17.3 Å². The molecule has 0 aromatic heterocycles. The van der Waals surface area contributed by atoms with Crippen LogP contribution in [0.2, 0.25) is 0 Å². The van der Waals surface area contributed by atoms with E-state index >= 15 is 0 Å². The largest absolute Gasteiger partial charge is 0.420 e. The number of hydrogen-bond acceptors (Lipinski definition) is 2. The maximum Gasteiger partial charge on any atom is 0.420 e. The Morgan fingerprint density at radius 3 is 2.07 bits per heavy atom. The molecule has 0 saturated carbocycles. The molecule has 0 unspecified atom stereocenters. The molecule has 0 radical (unpaired) electrons. The van der Waals surface area contributed by atoms with Crippen LogP contribution >= 0.6 is 0 Å². The van der Waals surface area contributed by atoms with Crippen LogP contribution in [0.15, 0.2) is 30.3 Å². The molecular weight excluding hydrogens is 370 g/mol. The molecule has 0 amide bonds. The van der Waals surface area contributed by atoms with Crippen molar-refractivity contribution >= 4 is 5.69 Å². The summed E-state index contributed by atoms with van der Waals surface area (Å²) in [5.41, 5.74) is -2.70. The monoisotopic (exact) mass is 384 g/mol. The molecule has 1 saturated heterocycles. The summed E-state index contributed by atoms with van der Waals surface area (Å²) in [5, 5.41) is 8.82. The summed E-state index contributed by atoms with van der Waals surface area (Å²) < 4.78 is 81.7. The summed E-state index contributed by atoms with van der Waals surface area (Å²) in [4.78, 5) is 1.40. The van der Waals surface area contributed by atoms with Gasteiger partial charge >= 0.3 is 6.18 Å². The summed E-state index contributed by atoms with van der Waals surface area (Å²) in [7, 11) is 0. The molecule has 2 aromatic carbocycles. The second-order valence-electron chi connectivity index (χ2n) is 6.33. The minimum Gasteiger partial charge on any atom is -0.369 e. The summed E-state index contributed by atoms with van der Waals surface area (Å²) >= 11 is 0. The number of hydrogen-bond donors (Lipinski definition) is 0. The zero-order chi connectivity index (χ0) is 19.8. The third-order valence-electron chi connectivity index (χ3n) is 4.77. The SMILES string of the molecule is N#Cc1ccc(N2CCC(c3c(F)cccc3F)CC2)c(F)c1C(F)(F)F. The van der Waals surface area contributed by atoms with Crippen LogP contribution in [0.25, 0.3) is 0 Å². The topological polar surface area (TPSA) is 27.0 Å². The first kappa shape index (κ1) is 19.1. The highest BCUT2D eigenvalue weighted by Crippen LogP contribution is 2.39. The van der Waals surface area contributed by atoms with E-state index in [1.165, 1.54) is 17.0 Å². The maximum absolute atomic E-state index is 14.5. The van der Waals surface area contributed by atoms with E-state index in [0.29, 0.717) is 0 Å². The number of nitriles is 1. The van der Waals surface area contributed by atoms with E-state index in [1.807, 2.05) is 0 Å². The molecule has 2 nitrogen and oxygen atoms in total. The quantitative estimate of drug-likeness (QED) is 0.650. The summed E-state index contributed by atoms with van der Waals surface area (Å²) in [6.07, 6.45) is -4.48. The van der Waals surface area contributed by atoms with Gasteiger partial charge in [0.15, 0.2) is 5.82 Å². The Bertz CT molecular complexity index is 872. The first-order chi connectivity index (χ1) is 12.7. The van der Waals surface area contributed by atoms with E-state index in [-0.39, 0.29) is 37.2 Å². The molecule has 0 bridgehead atoms. The molecule has 3 rings (SSSR count). The highest BCUT2D eigenvalue weighted by Gasteiger charge is 2.39. The average Bonchev–Trinajstić information content (AvgIpc) is 2.61. The van der Waals surface area contributed by atoms with Gasteiger partial charge in [-0.05, 0) is 43.0 Å². The highest BCUT2D eigenvalue weighted by atomic mass is 19.4. The fourth-order valence-corrected chi connectivity index (χ4v) is 3.49. The first-order valence-corrected chi connectivity index (χ1v) is 8.22. The van der Waals surface area contributed by atoms with Crippen LogP contribution in [0.4, 0.5) is 32.0 Å². The van der Waals surface area contributed by atoms with Crippen molar-refractivity contribution in [2.24, 2.45) is 0 Å². The number of benzene rings is 2. The van der Waals surface area contributed by atoms with Crippen LogP contribution in [-0.2, 0) is 6.18 Å². The Labute approximate surface area is 151 Å². The smallest absolute Gasteiger partial charge is 0.369 e. The molecule has 0 N–H and O–H groups in total. The van der Waals surface area contributed by atoms with Crippen molar-refractivity contribution in [3.63, 3.8) is 0 Å². The fraction of sp³-hybridized carbons (Fsp3) is 0.316. The van der Waals surface area contributed by atoms with Gasteiger partial charge in [0, 0.05) is 18.7 Å². The molecule has 142 valence electrons. The lowest BCUT2D eigenvalue weighted by Gasteiger charge is -2.34. The molecule has 0 atom stereocenters. The molecule has 1 aliphatic heterocycles. The van der Waals surface area contributed by atoms with Crippen LogP contribution in [0, 0.1) is 28.8 Å². The van der Waals surface area contributed by atoms with Gasteiger partial charge in [0.2, 0.25) is 0 Å². The third-order valence-corrected chi connectivity index (χ3v) is 4.77. The number of anilines is 1. The average molecular weight is 384 g/mol. The van der Waals surface area contributed by atoms with Gasteiger partial charge in [-0.1, -0.05) is 6.07 Å². The van der Waals surface area contributed by atoms with Crippen molar-refractivity contribution in [2.75, 3.05) is 18.0 Å². The Kier molecular flexibility index (Phi) is 5.05. The predicted octanol–water partition coefficient (Wildman–Crippen LogP) is 5.38. The van der Waals surface area contributed by atoms with Gasteiger partial charge in [-0.15, -0.1) is 0 Å². The van der Waals surface area contributed by atoms with Crippen LogP contribution < -0.4 is 4.90 Å².